The van der Waals surface area contributed by atoms with Crippen LogP contribution >= 0.6 is 0 Å². The van der Waals surface area contributed by atoms with Gasteiger partial charge in [0.25, 0.3) is 0 Å². The van der Waals surface area contributed by atoms with Crippen molar-refractivity contribution in [3.8, 4) is 0 Å². The summed E-state index contributed by atoms with van der Waals surface area (Å²) in [5.41, 5.74) is 3.28. The zero-order chi connectivity index (χ0) is 22.0. The van der Waals surface area contributed by atoms with Crippen molar-refractivity contribution in [3.05, 3.63) is 120 Å². The van der Waals surface area contributed by atoms with Crippen LogP contribution in [0.1, 0.15) is 16.7 Å². The Kier molecular flexibility index (Phi) is 8.23. The van der Waals surface area contributed by atoms with Crippen molar-refractivity contribution in [2.45, 2.75) is 38.1 Å². The minimum absolute atomic E-state index is 0.0217. The van der Waals surface area contributed by atoms with Crippen molar-refractivity contribution >= 4 is 0 Å². The fourth-order valence-electron chi connectivity index (χ4n) is 3.90. The van der Waals surface area contributed by atoms with Crippen molar-refractivity contribution < 1.29 is 19.3 Å². The van der Waals surface area contributed by atoms with Crippen LogP contribution in [0.5, 0.6) is 0 Å². The van der Waals surface area contributed by atoms with Crippen molar-refractivity contribution in [1.29, 1.82) is 0 Å². The quantitative estimate of drug-likeness (QED) is 0.464. The molecule has 0 amide bonds. The summed E-state index contributed by atoms with van der Waals surface area (Å²) < 4.78 is 18.6. The van der Waals surface area contributed by atoms with Crippen LogP contribution < -0.4 is 0 Å². The summed E-state index contributed by atoms with van der Waals surface area (Å²) >= 11 is 0. The zero-order valence-corrected chi connectivity index (χ0v) is 18.1. The maximum absolute atomic E-state index is 10.7. The van der Waals surface area contributed by atoms with Gasteiger partial charge in [-0.15, -0.1) is 0 Å². The van der Waals surface area contributed by atoms with E-state index >= 15 is 0 Å². The number of aliphatic hydroxyl groups is 1. The Morgan fingerprint density at radius 2 is 1.03 bits per heavy atom. The largest absolute Gasteiger partial charge is 0.386 e. The van der Waals surface area contributed by atoms with Gasteiger partial charge in [-0.25, -0.2) is 0 Å². The minimum atomic E-state index is -0.732. The molecule has 0 saturated carbocycles. The Morgan fingerprint density at radius 3 is 1.56 bits per heavy atom. The van der Waals surface area contributed by atoms with Gasteiger partial charge in [0.2, 0.25) is 0 Å². The van der Waals surface area contributed by atoms with E-state index in [2.05, 4.69) is 12.1 Å². The third-order valence-corrected chi connectivity index (χ3v) is 5.63. The average molecular weight is 431 g/mol. The van der Waals surface area contributed by atoms with Crippen molar-refractivity contribution in [2.75, 3.05) is 6.61 Å². The molecule has 1 N–H and O–H groups in total. The Morgan fingerprint density at radius 1 is 0.562 bits per heavy atom. The normalized spacial score (nSPS) is 22.7. The maximum atomic E-state index is 10.7. The van der Waals surface area contributed by atoms with Gasteiger partial charge in [0.15, 0.2) is 0 Å². The van der Waals surface area contributed by atoms with Crippen molar-refractivity contribution in [2.24, 2.45) is 5.92 Å². The molecule has 4 heteroatoms. The number of benzene rings is 3. The number of hydrogen-bond donors (Lipinski definition) is 1. The van der Waals surface area contributed by atoms with Gasteiger partial charge < -0.3 is 19.3 Å². The van der Waals surface area contributed by atoms with Gasteiger partial charge in [0.05, 0.1) is 32.5 Å². The lowest BCUT2D eigenvalue weighted by atomic mass is 9.88. The number of hydrogen-bond acceptors (Lipinski definition) is 4. The van der Waals surface area contributed by atoms with Crippen LogP contribution in [0.4, 0.5) is 0 Å². The van der Waals surface area contributed by atoms with E-state index in [0.717, 1.165) is 16.7 Å². The molecular weight excluding hydrogens is 400 g/mol. The second-order valence-corrected chi connectivity index (χ2v) is 8.06. The van der Waals surface area contributed by atoms with Gasteiger partial charge in [0, 0.05) is 5.92 Å². The molecular formula is C28H30O4. The summed E-state index contributed by atoms with van der Waals surface area (Å²) in [6.45, 7) is 1.89. The molecule has 166 valence electrons. The summed E-state index contributed by atoms with van der Waals surface area (Å²) in [5, 5.41) is 10.7. The second-order valence-electron chi connectivity index (χ2n) is 8.06. The van der Waals surface area contributed by atoms with Crippen LogP contribution in [0.25, 0.3) is 0 Å². The first kappa shape index (κ1) is 22.4. The highest BCUT2D eigenvalue weighted by molar-refractivity contribution is 5.16. The molecule has 0 heterocycles. The monoisotopic (exact) mass is 430 g/mol. The molecule has 4 rings (SSSR count). The zero-order valence-electron chi connectivity index (χ0n) is 18.1. The molecule has 1 aliphatic rings. The lowest BCUT2D eigenvalue weighted by molar-refractivity contribution is -0.147. The predicted octanol–water partition coefficient (Wildman–Crippen LogP) is 4.92. The molecule has 3 aromatic carbocycles. The summed E-state index contributed by atoms with van der Waals surface area (Å²) in [6.07, 6.45) is 2.26. The predicted molar refractivity (Wildman–Crippen MR) is 125 cm³/mol. The Balaban J connectivity index is 1.44. The SMILES string of the molecule is O[C@@H]1C=C[C@H](COCc2ccccc2)[C@@H](OCc2ccccc2)[C@@H]1OCc1ccccc1. The van der Waals surface area contributed by atoms with Gasteiger partial charge in [-0.3, -0.25) is 0 Å². The second kappa shape index (κ2) is 11.7. The Labute approximate surface area is 190 Å². The topological polar surface area (TPSA) is 47.9 Å². The van der Waals surface area contributed by atoms with Gasteiger partial charge in [-0.2, -0.15) is 0 Å². The van der Waals surface area contributed by atoms with Gasteiger partial charge >= 0.3 is 0 Å². The molecule has 3 aromatic rings. The first-order chi connectivity index (χ1) is 15.8. The molecule has 32 heavy (non-hydrogen) atoms. The standard InChI is InChI=1S/C28H30O4/c29-26-17-16-25(21-30-18-22-10-4-1-5-11-22)27(31-19-23-12-6-2-7-13-23)28(26)32-20-24-14-8-3-9-15-24/h1-17,25-29H,18-21H2/t25-,26-,27-,28-/m1/s1. The third-order valence-electron chi connectivity index (χ3n) is 5.63. The van der Waals surface area contributed by atoms with Gasteiger partial charge in [-0.1, -0.05) is 103 Å². The summed E-state index contributed by atoms with van der Waals surface area (Å²) in [5.74, 6) is -0.0217. The van der Waals surface area contributed by atoms with Crippen LogP contribution in [0.2, 0.25) is 0 Å². The molecule has 4 nitrogen and oxygen atoms in total. The number of ether oxygens (including phenoxy) is 3. The highest BCUT2D eigenvalue weighted by atomic mass is 16.6. The molecule has 0 radical (unpaired) electrons. The first-order valence-corrected chi connectivity index (χ1v) is 11.1. The van der Waals surface area contributed by atoms with E-state index in [-0.39, 0.29) is 12.0 Å². The van der Waals surface area contributed by atoms with E-state index in [1.807, 2.05) is 84.9 Å². The maximum Gasteiger partial charge on any atom is 0.114 e. The van der Waals surface area contributed by atoms with Crippen LogP contribution in [0.3, 0.4) is 0 Å². The van der Waals surface area contributed by atoms with E-state index in [1.54, 1.807) is 6.08 Å². The van der Waals surface area contributed by atoms with E-state index in [9.17, 15) is 5.11 Å². The van der Waals surface area contributed by atoms with Crippen LogP contribution in [-0.2, 0) is 34.0 Å². The molecule has 0 aliphatic heterocycles. The summed E-state index contributed by atoms with van der Waals surface area (Å²) in [7, 11) is 0. The molecule has 0 aromatic heterocycles. The van der Waals surface area contributed by atoms with Gasteiger partial charge in [0.1, 0.15) is 12.2 Å². The highest BCUT2D eigenvalue weighted by Crippen LogP contribution is 2.27. The Bertz CT molecular complexity index is 943. The fraction of sp³-hybridized carbons (Fsp3) is 0.286. The average Bonchev–Trinajstić information content (AvgIpc) is 2.85. The molecule has 0 spiro atoms. The van der Waals surface area contributed by atoms with E-state index in [4.69, 9.17) is 14.2 Å². The third kappa shape index (κ3) is 6.38. The smallest absolute Gasteiger partial charge is 0.114 e. The van der Waals surface area contributed by atoms with Crippen molar-refractivity contribution in [1.82, 2.24) is 0 Å². The number of rotatable bonds is 10. The summed E-state index contributed by atoms with van der Waals surface area (Å²) in [6, 6.07) is 30.2. The highest BCUT2D eigenvalue weighted by Gasteiger charge is 2.37. The molecule has 0 fully saturated rings. The molecule has 0 unspecified atom stereocenters. The van der Waals surface area contributed by atoms with Crippen LogP contribution in [-0.4, -0.2) is 30.0 Å². The lowest BCUT2D eigenvalue weighted by Crippen LogP contribution is -2.48. The lowest BCUT2D eigenvalue weighted by Gasteiger charge is -2.37. The van der Waals surface area contributed by atoms with Crippen LogP contribution in [0, 0.1) is 5.92 Å². The van der Waals surface area contributed by atoms with E-state index in [1.165, 1.54) is 0 Å². The molecule has 4 atom stereocenters. The summed E-state index contributed by atoms with van der Waals surface area (Å²) in [4.78, 5) is 0. The van der Waals surface area contributed by atoms with E-state index in [0.29, 0.717) is 26.4 Å². The molecule has 0 bridgehead atoms. The van der Waals surface area contributed by atoms with Gasteiger partial charge in [-0.05, 0) is 16.7 Å². The Hall–Kier alpha value is -2.76. The number of aliphatic hydroxyl groups excluding tert-OH is 1. The first-order valence-electron chi connectivity index (χ1n) is 11.1. The minimum Gasteiger partial charge on any atom is -0.386 e. The molecule has 1 aliphatic carbocycles. The fourth-order valence-corrected chi connectivity index (χ4v) is 3.90. The van der Waals surface area contributed by atoms with Crippen LogP contribution in [0.15, 0.2) is 103 Å². The van der Waals surface area contributed by atoms with Crippen molar-refractivity contribution in [3.63, 3.8) is 0 Å². The molecule has 0 saturated heterocycles. The van der Waals surface area contributed by atoms with E-state index < -0.39 is 12.2 Å².